The van der Waals surface area contributed by atoms with Gasteiger partial charge in [0.25, 0.3) is 0 Å². The van der Waals surface area contributed by atoms with Crippen molar-refractivity contribution in [1.82, 2.24) is 0 Å². The summed E-state index contributed by atoms with van der Waals surface area (Å²) in [5.74, 6) is 0.0577. The van der Waals surface area contributed by atoms with E-state index in [1.807, 2.05) is 55.5 Å². The summed E-state index contributed by atoms with van der Waals surface area (Å²) in [6.07, 6.45) is 4.97. The largest absolute Gasteiger partial charge is 0.398 e. The first kappa shape index (κ1) is 25.8. The molecule has 4 N–H and O–H groups in total. The van der Waals surface area contributed by atoms with Crippen molar-refractivity contribution in [1.29, 1.82) is 0 Å². The SMILES string of the molecule is C=C(CC(c1ccc(N)c(-c2ccccc2)c1)c1ccc(N)c(-c2ccccc2)c1)c1ccccc1/C=C\C. The minimum Gasteiger partial charge on any atom is -0.398 e. The van der Waals surface area contributed by atoms with E-state index >= 15 is 0 Å². The van der Waals surface area contributed by atoms with Crippen LogP contribution in [0.3, 0.4) is 0 Å². The Bertz CT molecular complexity index is 1530. The van der Waals surface area contributed by atoms with E-state index in [4.69, 9.17) is 11.5 Å². The van der Waals surface area contributed by atoms with Gasteiger partial charge in [0.05, 0.1) is 0 Å². The van der Waals surface area contributed by atoms with Crippen LogP contribution >= 0.6 is 0 Å². The van der Waals surface area contributed by atoms with Crippen molar-refractivity contribution < 1.29 is 0 Å². The Labute approximate surface area is 232 Å². The summed E-state index contributed by atoms with van der Waals surface area (Å²) in [4.78, 5) is 0. The molecule has 192 valence electrons. The van der Waals surface area contributed by atoms with Crippen LogP contribution < -0.4 is 11.5 Å². The van der Waals surface area contributed by atoms with Gasteiger partial charge in [-0.3, -0.25) is 0 Å². The molecular weight excluding hydrogens is 472 g/mol. The molecule has 0 heterocycles. The molecule has 2 heteroatoms. The number of nitrogen functional groups attached to an aromatic ring is 2. The van der Waals surface area contributed by atoms with E-state index < -0.39 is 0 Å². The Morgan fingerprint density at radius 1 is 0.667 bits per heavy atom. The molecule has 5 aromatic carbocycles. The van der Waals surface area contributed by atoms with Crippen LogP contribution in [-0.4, -0.2) is 0 Å². The summed E-state index contributed by atoms with van der Waals surface area (Å²) in [5, 5.41) is 0. The van der Waals surface area contributed by atoms with Gasteiger partial charge in [-0.1, -0.05) is 116 Å². The minimum atomic E-state index is 0.0577. The maximum absolute atomic E-state index is 6.48. The van der Waals surface area contributed by atoms with Crippen LogP contribution in [0, 0.1) is 0 Å². The maximum Gasteiger partial charge on any atom is 0.0393 e. The van der Waals surface area contributed by atoms with Gasteiger partial charge < -0.3 is 11.5 Å². The first-order chi connectivity index (χ1) is 19.0. The van der Waals surface area contributed by atoms with Crippen molar-refractivity contribution in [3.63, 3.8) is 0 Å². The van der Waals surface area contributed by atoms with E-state index in [2.05, 4.69) is 91.5 Å². The summed E-state index contributed by atoms with van der Waals surface area (Å²) < 4.78 is 0. The van der Waals surface area contributed by atoms with Gasteiger partial charge >= 0.3 is 0 Å². The molecule has 0 bridgehead atoms. The highest BCUT2D eigenvalue weighted by Gasteiger charge is 2.20. The van der Waals surface area contributed by atoms with E-state index in [0.717, 1.165) is 51.2 Å². The van der Waals surface area contributed by atoms with Gasteiger partial charge in [-0.2, -0.15) is 0 Å². The van der Waals surface area contributed by atoms with Crippen LogP contribution in [0.25, 0.3) is 33.9 Å². The number of nitrogens with two attached hydrogens (primary N) is 2. The fourth-order valence-electron chi connectivity index (χ4n) is 5.25. The molecule has 0 radical (unpaired) electrons. The van der Waals surface area contributed by atoms with Crippen molar-refractivity contribution in [2.24, 2.45) is 0 Å². The van der Waals surface area contributed by atoms with Crippen molar-refractivity contribution in [2.75, 3.05) is 11.5 Å². The van der Waals surface area contributed by atoms with Gasteiger partial charge in [-0.05, 0) is 76.6 Å². The maximum atomic E-state index is 6.48. The Kier molecular flexibility index (Phi) is 7.75. The zero-order chi connectivity index (χ0) is 27.2. The highest BCUT2D eigenvalue weighted by atomic mass is 14.6. The summed E-state index contributed by atoms with van der Waals surface area (Å²) in [6.45, 7) is 6.61. The lowest BCUT2D eigenvalue weighted by Crippen LogP contribution is -2.05. The molecule has 0 saturated carbocycles. The van der Waals surface area contributed by atoms with E-state index in [1.54, 1.807) is 0 Å². The third kappa shape index (κ3) is 5.71. The Hall–Kier alpha value is -4.82. The summed E-state index contributed by atoms with van der Waals surface area (Å²) in [7, 11) is 0. The number of allylic oxidation sites excluding steroid dienone is 2. The quantitative estimate of drug-likeness (QED) is 0.206. The zero-order valence-electron chi connectivity index (χ0n) is 22.3. The van der Waals surface area contributed by atoms with Gasteiger partial charge in [0.2, 0.25) is 0 Å². The molecule has 0 amide bonds. The van der Waals surface area contributed by atoms with E-state index in [-0.39, 0.29) is 5.92 Å². The number of hydrogen-bond donors (Lipinski definition) is 2. The average Bonchev–Trinajstić information content (AvgIpc) is 2.98. The minimum absolute atomic E-state index is 0.0577. The van der Waals surface area contributed by atoms with Crippen molar-refractivity contribution in [2.45, 2.75) is 19.3 Å². The number of hydrogen-bond acceptors (Lipinski definition) is 2. The lowest BCUT2D eigenvalue weighted by molar-refractivity contribution is 0.843. The van der Waals surface area contributed by atoms with Crippen LogP contribution in [0.1, 0.15) is 41.5 Å². The fourth-order valence-corrected chi connectivity index (χ4v) is 5.25. The van der Waals surface area contributed by atoms with Gasteiger partial charge in [0.15, 0.2) is 0 Å². The first-order valence-corrected chi connectivity index (χ1v) is 13.3. The van der Waals surface area contributed by atoms with E-state index in [1.165, 1.54) is 16.7 Å². The lowest BCUT2D eigenvalue weighted by Gasteiger charge is -2.23. The lowest BCUT2D eigenvalue weighted by atomic mass is 9.81. The Morgan fingerprint density at radius 2 is 1.15 bits per heavy atom. The molecular formula is C37H34N2. The molecule has 0 saturated heterocycles. The molecule has 0 aliphatic rings. The monoisotopic (exact) mass is 506 g/mol. The van der Waals surface area contributed by atoms with Gasteiger partial charge in [0.1, 0.15) is 0 Å². The average molecular weight is 507 g/mol. The fraction of sp³-hybridized carbons (Fsp3) is 0.0811. The van der Waals surface area contributed by atoms with Crippen molar-refractivity contribution >= 4 is 23.0 Å². The molecule has 0 atom stereocenters. The topological polar surface area (TPSA) is 52.0 Å². The van der Waals surface area contributed by atoms with Gasteiger partial charge in [-0.25, -0.2) is 0 Å². The van der Waals surface area contributed by atoms with Crippen molar-refractivity contribution in [3.8, 4) is 22.3 Å². The van der Waals surface area contributed by atoms with E-state index in [9.17, 15) is 0 Å². The number of anilines is 2. The predicted octanol–water partition coefficient (Wildman–Crippen LogP) is 9.45. The Morgan fingerprint density at radius 3 is 1.67 bits per heavy atom. The molecule has 2 nitrogen and oxygen atoms in total. The second-order valence-corrected chi connectivity index (χ2v) is 9.87. The molecule has 5 aromatic rings. The van der Waals surface area contributed by atoms with Gasteiger partial charge in [0, 0.05) is 28.4 Å². The predicted molar refractivity (Wildman–Crippen MR) is 169 cm³/mol. The summed E-state index contributed by atoms with van der Waals surface area (Å²) in [6, 6.07) is 41.9. The second-order valence-electron chi connectivity index (χ2n) is 9.87. The smallest absolute Gasteiger partial charge is 0.0393 e. The van der Waals surface area contributed by atoms with Gasteiger partial charge in [-0.15, -0.1) is 0 Å². The van der Waals surface area contributed by atoms with Crippen LogP contribution in [0.15, 0.2) is 134 Å². The standard InChI is InChI=1S/C37H34N2/c1-3-12-27-17-10-11-18-32(27)26(2)23-33(30-19-21-36(38)34(24-30)28-13-6-4-7-14-28)31-20-22-37(39)35(25-31)29-15-8-5-9-16-29/h3-22,24-25,33H,2,23,38-39H2,1H3/b12-3-. The molecule has 39 heavy (non-hydrogen) atoms. The number of benzene rings is 5. The number of rotatable bonds is 8. The van der Waals surface area contributed by atoms with Crippen LogP contribution in [0.5, 0.6) is 0 Å². The molecule has 0 spiro atoms. The van der Waals surface area contributed by atoms with Crippen LogP contribution in [-0.2, 0) is 0 Å². The van der Waals surface area contributed by atoms with Crippen molar-refractivity contribution in [3.05, 3.63) is 156 Å². The Balaban J connectivity index is 1.63. The molecule has 5 rings (SSSR count). The van der Waals surface area contributed by atoms with Crippen LogP contribution in [0.2, 0.25) is 0 Å². The normalized spacial score (nSPS) is 11.2. The molecule has 0 aromatic heterocycles. The van der Waals surface area contributed by atoms with E-state index in [0.29, 0.717) is 0 Å². The second kappa shape index (κ2) is 11.7. The summed E-state index contributed by atoms with van der Waals surface area (Å²) in [5.41, 5.74) is 24.6. The zero-order valence-corrected chi connectivity index (χ0v) is 22.3. The highest BCUT2D eigenvalue weighted by Crippen LogP contribution is 2.40. The van der Waals surface area contributed by atoms with Crippen LogP contribution in [0.4, 0.5) is 11.4 Å². The molecule has 0 aliphatic heterocycles. The summed E-state index contributed by atoms with van der Waals surface area (Å²) >= 11 is 0. The highest BCUT2D eigenvalue weighted by molar-refractivity contribution is 5.80. The molecule has 0 fully saturated rings. The third-order valence-corrected chi connectivity index (χ3v) is 7.27. The molecule has 0 unspecified atom stereocenters. The third-order valence-electron chi connectivity index (χ3n) is 7.27. The first-order valence-electron chi connectivity index (χ1n) is 13.3. The molecule has 0 aliphatic carbocycles.